The molecule has 0 radical (unpaired) electrons. The minimum absolute atomic E-state index is 0.876. The lowest BCUT2D eigenvalue weighted by atomic mass is 10.2. The first kappa shape index (κ1) is 10.7. The molecular weight excluding hydrogens is 270 g/mol. The quantitative estimate of drug-likeness (QED) is 0.760. The van der Waals surface area contributed by atoms with Crippen LogP contribution in [0, 0.1) is 6.92 Å². The summed E-state index contributed by atoms with van der Waals surface area (Å²) in [6, 6.07) is 14.3. The minimum atomic E-state index is 0.876. The Kier molecular flexibility index (Phi) is 3.44. The third-order valence-electron chi connectivity index (χ3n) is 2.00. The molecule has 0 saturated heterocycles. The molecule has 0 bridgehead atoms. The van der Waals surface area contributed by atoms with Crippen LogP contribution in [0.25, 0.3) is 0 Å². The molecule has 3 heteroatoms. The van der Waals surface area contributed by atoms with Crippen LogP contribution in [0.2, 0.25) is 0 Å². The summed E-state index contributed by atoms with van der Waals surface area (Å²) in [6.07, 6.45) is 0. The molecule has 0 unspecified atom stereocenters. The third kappa shape index (κ3) is 2.83. The molecule has 0 aliphatic heterocycles. The molecule has 0 amide bonds. The molecule has 76 valence electrons. The van der Waals surface area contributed by atoms with Crippen LogP contribution >= 0.6 is 27.7 Å². The van der Waals surface area contributed by atoms with Crippen LogP contribution in [-0.2, 0) is 0 Å². The lowest BCUT2D eigenvalue weighted by Crippen LogP contribution is -1.82. The van der Waals surface area contributed by atoms with Gasteiger partial charge in [-0.2, -0.15) is 0 Å². The summed E-state index contributed by atoms with van der Waals surface area (Å²) in [5, 5.41) is 1.01. The summed E-state index contributed by atoms with van der Waals surface area (Å²) in [5.41, 5.74) is 1.28. The van der Waals surface area contributed by atoms with Gasteiger partial charge < -0.3 is 0 Å². The van der Waals surface area contributed by atoms with Crippen molar-refractivity contribution < 1.29 is 0 Å². The van der Waals surface area contributed by atoms with Crippen molar-refractivity contribution in [2.45, 2.75) is 16.8 Å². The van der Waals surface area contributed by atoms with Gasteiger partial charge in [0.1, 0.15) is 9.63 Å². The first-order valence-electron chi connectivity index (χ1n) is 4.62. The van der Waals surface area contributed by atoms with E-state index in [2.05, 4.69) is 40.0 Å². The normalized spacial score (nSPS) is 10.3. The van der Waals surface area contributed by atoms with E-state index < -0.39 is 0 Å². The van der Waals surface area contributed by atoms with Gasteiger partial charge in [0.25, 0.3) is 0 Å². The highest BCUT2D eigenvalue weighted by atomic mass is 79.9. The molecule has 2 rings (SSSR count). The van der Waals surface area contributed by atoms with Crippen LogP contribution < -0.4 is 0 Å². The Morgan fingerprint density at radius 1 is 1.07 bits per heavy atom. The van der Waals surface area contributed by atoms with Gasteiger partial charge in [-0.05, 0) is 46.6 Å². The summed E-state index contributed by atoms with van der Waals surface area (Å²) in [7, 11) is 0. The zero-order chi connectivity index (χ0) is 10.7. The summed E-state index contributed by atoms with van der Waals surface area (Å²) in [4.78, 5) is 5.64. The van der Waals surface area contributed by atoms with Gasteiger partial charge in [-0.25, -0.2) is 4.98 Å². The molecular formula is C12H10BrNS. The molecule has 1 aromatic heterocycles. The number of rotatable bonds is 2. The van der Waals surface area contributed by atoms with Crippen molar-refractivity contribution in [3.05, 3.63) is 52.6 Å². The van der Waals surface area contributed by atoms with Gasteiger partial charge in [0.05, 0.1) is 0 Å². The van der Waals surface area contributed by atoms with E-state index in [1.807, 2.05) is 30.3 Å². The largest absolute Gasteiger partial charge is 0.234 e. The second-order valence-corrected chi connectivity index (χ2v) is 5.04. The standard InChI is InChI=1S/C12H10BrNS/c1-9-5-2-3-6-10(9)15-12-8-4-7-11(13)14-12/h2-8H,1H3. The summed E-state index contributed by atoms with van der Waals surface area (Å²) in [5.74, 6) is 0. The van der Waals surface area contributed by atoms with E-state index in [9.17, 15) is 0 Å². The topological polar surface area (TPSA) is 12.9 Å². The Hall–Kier alpha value is -0.800. The number of pyridine rings is 1. The number of aromatic nitrogens is 1. The molecule has 0 aliphatic rings. The average Bonchev–Trinajstić information content (AvgIpc) is 2.22. The number of nitrogens with zero attached hydrogens (tertiary/aromatic N) is 1. The first-order chi connectivity index (χ1) is 7.25. The van der Waals surface area contributed by atoms with Crippen molar-refractivity contribution in [3.63, 3.8) is 0 Å². The fourth-order valence-electron chi connectivity index (χ4n) is 1.23. The van der Waals surface area contributed by atoms with E-state index >= 15 is 0 Å². The van der Waals surface area contributed by atoms with Crippen molar-refractivity contribution >= 4 is 27.7 Å². The fourth-order valence-corrected chi connectivity index (χ4v) is 2.58. The van der Waals surface area contributed by atoms with Crippen LogP contribution in [0.1, 0.15) is 5.56 Å². The Labute approximate surface area is 102 Å². The molecule has 1 nitrogen and oxygen atoms in total. The van der Waals surface area contributed by atoms with E-state index in [1.54, 1.807) is 11.8 Å². The molecule has 0 spiro atoms. The van der Waals surface area contributed by atoms with E-state index in [0.29, 0.717) is 0 Å². The van der Waals surface area contributed by atoms with Gasteiger partial charge in [-0.3, -0.25) is 0 Å². The maximum atomic E-state index is 4.39. The van der Waals surface area contributed by atoms with Crippen molar-refractivity contribution in [1.29, 1.82) is 0 Å². The Morgan fingerprint density at radius 2 is 1.87 bits per heavy atom. The summed E-state index contributed by atoms with van der Waals surface area (Å²) < 4.78 is 0.876. The summed E-state index contributed by atoms with van der Waals surface area (Å²) >= 11 is 5.06. The van der Waals surface area contributed by atoms with Crippen molar-refractivity contribution in [2.75, 3.05) is 0 Å². The van der Waals surface area contributed by atoms with Crippen LogP contribution in [0.15, 0.2) is 57.0 Å². The number of aryl methyl sites for hydroxylation is 1. The molecule has 0 atom stereocenters. The second kappa shape index (κ2) is 4.81. The molecule has 0 saturated carbocycles. The molecule has 0 fully saturated rings. The Balaban J connectivity index is 2.26. The maximum absolute atomic E-state index is 4.39. The van der Waals surface area contributed by atoms with Crippen LogP contribution in [0.4, 0.5) is 0 Å². The summed E-state index contributed by atoms with van der Waals surface area (Å²) in [6.45, 7) is 2.11. The van der Waals surface area contributed by atoms with Crippen molar-refractivity contribution in [2.24, 2.45) is 0 Å². The van der Waals surface area contributed by atoms with Gasteiger partial charge in [-0.1, -0.05) is 36.0 Å². The monoisotopic (exact) mass is 279 g/mol. The van der Waals surface area contributed by atoms with Crippen molar-refractivity contribution in [1.82, 2.24) is 4.98 Å². The van der Waals surface area contributed by atoms with Crippen LogP contribution in [-0.4, -0.2) is 4.98 Å². The number of hydrogen-bond donors (Lipinski definition) is 0. The van der Waals surface area contributed by atoms with Gasteiger partial charge in [0, 0.05) is 4.90 Å². The minimum Gasteiger partial charge on any atom is -0.234 e. The molecule has 0 aliphatic carbocycles. The Morgan fingerprint density at radius 3 is 2.60 bits per heavy atom. The zero-order valence-electron chi connectivity index (χ0n) is 8.27. The SMILES string of the molecule is Cc1ccccc1Sc1cccc(Br)n1. The highest BCUT2D eigenvalue weighted by Gasteiger charge is 2.01. The average molecular weight is 280 g/mol. The first-order valence-corrected chi connectivity index (χ1v) is 6.23. The molecule has 15 heavy (non-hydrogen) atoms. The van der Waals surface area contributed by atoms with Crippen LogP contribution in [0.3, 0.4) is 0 Å². The molecule has 0 N–H and O–H groups in total. The van der Waals surface area contributed by atoms with Gasteiger partial charge >= 0.3 is 0 Å². The lowest BCUT2D eigenvalue weighted by Gasteiger charge is -2.04. The molecule has 2 aromatic rings. The van der Waals surface area contributed by atoms with E-state index in [4.69, 9.17) is 0 Å². The van der Waals surface area contributed by atoms with Gasteiger partial charge in [0.15, 0.2) is 0 Å². The lowest BCUT2D eigenvalue weighted by molar-refractivity contribution is 1.10. The predicted molar refractivity (Wildman–Crippen MR) is 67.2 cm³/mol. The molecule has 1 aromatic carbocycles. The number of hydrogen-bond acceptors (Lipinski definition) is 2. The second-order valence-electron chi connectivity index (χ2n) is 3.17. The van der Waals surface area contributed by atoms with E-state index in [1.165, 1.54) is 10.5 Å². The Bertz CT molecular complexity index is 471. The van der Waals surface area contributed by atoms with E-state index in [0.717, 1.165) is 9.63 Å². The third-order valence-corrected chi connectivity index (χ3v) is 3.55. The predicted octanol–water partition coefficient (Wildman–Crippen LogP) is 4.30. The highest BCUT2D eigenvalue weighted by molar-refractivity contribution is 9.10. The fraction of sp³-hybridized carbons (Fsp3) is 0.0833. The number of halogens is 1. The molecule has 1 heterocycles. The van der Waals surface area contributed by atoms with Crippen LogP contribution in [0.5, 0.6) is 0 Å². The number of benzene rings is 1. The highest BCUT2D eigenvalue weighted by Crippen LogP contribution is 2.29. The van der Waals surface area contributed by atoms with Crippen molar-refractivity contribution in [3.8, 4) is 0 Å². The van der Waals surface area contributed by atoms with Gasteiger partial charge in [-0.15, -0.1) is 0 Å². The van der Waals surface area contributed by atoms with E-state index in [-0.39, 0.29) is 0 Å². The maximum Gasteiger partial charge on any atom is 0.107 e. The zero-order valence-corrected chi connectivity index (χ0v) is 10.7. The van der Waals surface area contributed by atoms with Gasteiger partial charge in [0.2, 0.25) is 0 Å². The smallest absolute Gasteiger partial charge is 0.107 e.